The molecule has 0 radical (unpaired) electrons. The van der Waals surface area contributed by atoms with Crippen LogP contribution in [0.3, 0.4) is 0 Å². The van der Waals surface area contributed by atoms with Crippen molar-refractivity contribution in [3.63, 3.8) is 0 Å². The van der Waals surface area contributed by atoms with Crippen LogP contribution < -0.4 is 10.1 Å². The molecule has 0 atom stereocenters. The number of hydrogen-bond acceptors (Lipinski definition) is 10. The number of nitro groups is 1. The molecule has 0 bridgehead atoms. The van der Waals surface area contributed by atoms with Crippen LogP contribution in [-0.4, -0.2) is 59.1 Å². The highest BCUT2D eigenvalue weighted by Gasteiger charge is 2.11. The number of nitrogens with zero attached hydrogens (tertiary/aromatic N) is 8. The molecule has 0 fully saturated rings. The molecule has 4 rings (SSSR count). The lowest BCUT2D eigenvalue weighted by Crippen LogP contribution is -2.09. The summed E-state index contributed by atoms with van der Waals surface area (Å²) in [6.45, 7) is 1.39. The van der Waals surface area contributed by atoms with Crippen molar-refractivity contribution in [1.82, 2.24) is 34.7 Å². The van der Waals surface area contributed by atoms with Gasteiger partial charge in [0.25, 0.3) is 0 Å². The quantitative estimate of drug-likeness (QED) is 0.159. The zero-order valence-electron chi connectivity index (χ0n) is 16.9. The molecule has 0 aliphatic heterocycles. The van der Waals surface area contributed by atoms with Gasteiger partial charge in [-0.1, -0.05) is 5.21 Å². The van der Waals surface area contributed by atoms with Crippen molar-refractivity contribution < 1.29 is 14.5 Å². The van der Waals surface area contributed by atoms with E-state index >= 15 is 0 Å². The predicted octanol–water partition coefficient (Wildman–Crippen LogP) is 1.79. The maximum atomic E-state index is 10.7. The SMILES string of the molecule is O=CCCOc1ccc(-n2nnc3cnc(NCCCn4cc([N+](=O)[O-])cn4)nc32)cc1. The fourth-order valence-corrected chi connectivity index (χ4v) is 2.91. The number of hydrogen-bond donors (Lipinski definition) is 1. The number of anilines is 1. The summed E-state index contributed by atoms with van der Waals surface area (Å²) in [5.74, 6) is 1.07. The average Bonchev–Trinajstić information content (AvgIpc) is 3.45. The number of aromatic nitrogens is 7. The molecule has 0 unspecified atom stereocenters. The zero-order chi connectivity index (χ0) is 22.3. The van der Waals surface area contributed by atoms with Crippen LogP contribution in [0.1, 0.15) is 12.8 Å². The molecule has 13 heteroatoms. The van der Waals surface area contributed by atoms with E-state index in [1.807, 2.05) is 12.1 Å². The number of aryl methyl sites for hydroxylation is 1. The van der Waals surface area contributed by atoms with Crippen molar-refractivity contribution in [2.45, 2.75) is 19.4 Å². The molecule has 32 heavy (non-hydrogen) atoms. The number of benzene rings is 1. The third-order valence-corrected chi connectivity index (χ3v) is 4.46. The number of rotatable bonds is 11. The minimum absolute atomic E-state index is 0.0342. The van der Waals surface area contributed by atoms with E-state index in [0.29, 0.717) is 55.4 Å². The molecule has 0 spiro atoms. The third kappa shape index (κ3) is 4.83. The Labute approximate surface area is 181 Å². The number of ether oxygens (including phenoxy) is 1. The Hall–Kier alpha value is -4.42. The van der Waals surface area contributed by atoms with Crippen molar-refractivity contribution in [1.29, 1.82) is 0 Å². The van der Waals surface area contributed by atoms with Gasteiger partial charge >= 0.3 is 5.69 Å². The van der Waals surface area contributed by atoms with Crippen LogP contribution in [0, 0.1) is 10.1 Å². The normalized spacial score (nSPS) is 10.9. The van der Waals surface area contributed by atoms with Crippen molar-refractivity contribution in [2.75, 3.05) is 18.5 Å². The van der Waals surface area contributed by atoms with E-state index in [-0.39, 0.29) is 5.69 Å². The molecular weight excluding hydrogens is 418 g/mol. The molecular formula is C19H19N9O4. The minimum Gasteiger partial charge on any atom is -0.493 e. The second-order valence-corrected chi connectivity index (χ2v) is 6.70. The van der Waals surface area contributed by atoms with Crippen LogP contribution in [-0.2, 0) is 11.3 Å². The summed E-state index contributed by atoms with van der Waals surface area (Å²) in [4.78, 5) is 29.4. The second kappa shape index (κ2) is 9.59. The molecule has 0 saturated carbocycles. The maximum Gasteiger partial charge on any atom is 0.306 e. The molecule has 164 valence electrons. The summed E-state index contributed by atoms with van der Waals surface area (Å²) in [7, 11) is 0. The molecule has 4 aromatic rings. The maximum absolute atomic E-state index is 10.7. The third-order valence-electron chi connectivity index (χ3n) is 4.46. The van der Waals surface area contributed by atoms with Crippen molar-refractivity contribution in [3.8, 4) is 11.4 Å². The summed E-state index contributed by atoms with van der Waals surface area (Å²) < 4.78 is 8.59. The van der Waals surface area contributed by atoms with Crippen LogP contribution in [0.4, 0.5) is 11.6 Å². The van der Waals surface area contributed by atoms with Gasteiger partial charge in [-0.05, 0) is 30.7 Å². The van der Waals surface area contributed by atoms with Crippen molar-refractivity contribution in [3.05, 3.63) is 53.0 Å². The largest absolute Gasteiger partial charge is 0.493 e. The Kier molecular flexibility index (Phi) is 6.25. The molecule has 13 nitrogen and oxygen atoms in total. The fourth-order valence-electron chi connectivity index (χ4n) is 2.91. The van der Waals surface area contributed by atoms with Gasteiger partial charge in [0.15, 0.2) is 11.2 Å². The van der Waals surface area contributed by atoms with E-state index in [1.54, 1.807) is 23.0 Å². The highest BCUT2D eigenvalue weighted by molar-refractivity contribution is 5.72. The van der Waals surface area contributed by atoms with Crippen molar-refractivity contribution >= 4 is 29.1 Å². The molecule has 0 aliphatic carbocycles. The van der Waals surface area contributed by atoms with Crippen LogP contribution in [0.2, 0.25) is 0 Å². The summed E-state index contributed by atoms with van der Waals surface area (Å²) in [5.41, 5.74) is 1.80. The molecule has 3 heterocycles. The van der Waals surface area contributed by atoms with Gasteiger partial charge in [-0.2, -0.15) is 14.8 Å². The summed E-state index contributed by atoms with van der Waals surface area (Å²) in [6, 6.07) is 7.22. The molecule has 1 N–H and O–H groups in total. The lowest BCUT2D eigenvalue weighted by atomic mass is 10.3. The van der Waals surface area contributed by atoms with E-state index in [0.717, 1.165) is 12.0 Å². The monoisotopic (exact) mass is 437 g/mol. The highest BCUT2D eigenvalue weighted by atomic mass is 16.6. The number of fused-ring (bicyclic) bond motifs is 1. The first-order valence-electron chi connectivity index (χ1n) is 9.80. The first kappa shape index (κ1) is 20.8. The van der Waals surface area contributed by atoms with Crippen LogP contribution >= 0.6 is 0 Å². The Morgan fingerprint density at radius 2 is 2.06 bits per heavy atom. The Morgan fingerprint density at radius 1 is 1.22 bits per heavy atom. The van der Waals surface area contributed by atoms with Crippen LogP contribution in [0.25, 0.3) is 16.9 Å². The van der Waals surface area contributed by atoms with Gasteiger partial charge in [-0.3, -0.25) is 14.8 Å². The van der Waals surface area contributed by atoms with E-state index in [2.05, 4.69) is 30.7 Å². The first-order chi connectivity index (χ1) is 15.6. The lowest BCUT2D eigenvalue weighted by molar-refractivity contribution is -0.385. The molecule has 0 amide bonds. The van der Waals surface area contributed by atoms with Gasteiger partial charge < -0.3 is 14.8 Å². The van der Waals surface area contributed by atoms with E-state index in [4.69, 9.17) is 4.74 Å². The Morgan fingerprint density at radius 3 is 2.81 bits per heavy atom. The van der Waals surface area contributed by atoms with Crippen molar-refractivity contribution in [2.24, 2.45) is 0 Å². The molecule has 0 saturated heterocycles. The molecule has 0 aliphatic rings. The summed E-state index contributed by atoms with van der Waals surface area (Å²) in [5, 5.41) is 26.0. The molecule has 1 aromatic carbocycles. The van der Waals surface area contributed by atoms with Crippen LogP contribution in [0.15, 0.2) is 42.9 Å². The van der Waals surface area contributed by atoms with Crippen LogP contribution in [0.5, 0.6) is 5.75 Å². The van der Waals surface area contributed by atoms with Gasteiger partial charge in [-0.15, -0.1) is 5.10 Å². The smallest absolute Gasteiger partial charge is 0.306 e. The lowest BCUT2D eigenvalue weighted by Gasteiger charge is -2.07. The Balaban J connectivity index is 1.38. The topological polar surface area (TPSA) is 156 Å². The fraction of sp³-hybridized carbons (Fsp3) is 0.263. The van der Waals surface area contributed by atoms with E-state index in [1.165, 1.54) is 17.1 Å². The summed E-state index contributed by atoms with van der Waals surface area (Å²) >= 11 is 0. The standard InChI is InChI=1S/C19H19N9O4/c29-9-2-10-32-16-5-3-14(4-6-16)27-18-17(24-25-27)12-21-19(23-18)20-7-1-8-26-13-15(11-22-26)28(30)31/h3-6,9,11-13H,1-2,7-8,10H2,(H,20,21,23). The predicted molar refractivity (Wildman–Crippen MR) is 113 cm³/mol. The van der Waals surface area contributed by atoms with Gasteiger partial charge in [0.05, 0.1) is 23.4 Å². The summed E-state index contributed by atoms with van der Waals surface area (Å²) in [6.07, 6.45) is 6.02. The van der Waals surface area contributed by atoms with E-state index in [9.17, 15) is 14.9 Å². The average molecular weight is 437 g/mol. The zero-order valence-corrected chi connectivity index (χ0v) is 16.9. The van der Waals surface area contributed by atoms with Gasteiger partial charge in [-0.25, -0.2) is 4.98 Å². The van der Waals surface area contributed by atoms with Gasteiger partial charge in [0.1, 0.15) is 24.4 Å². The van der Waals surface area contributed by atoms with Gasteiger partial charge in [0, 0.05) is 19.5 Å². The minimum atomic E-state index is -0.476. The molecule has 3 aromatic heterocycles. The number of carbonyl (C=O) groups excluding carboxylic acids is 1. The van der Waals surface area contributed by atoms with E-state index < -0.39 is 4.92 Å². The number of carbonyl (C=O) groups is 1. The first-order valence-corrected chi connectivity index (χ1v) is 9.80. The highest BCUT2D eigenvalue weighted by Crippen LogP contribution is 2.19. The second-order valence-electron chi connectivity index (χ2n) is 6.70. The number of aldehydes is 1. The Bertz CT molecular complexity index is 1220. The number of nitrogens with one attached hydrogen (secondary N) is 1. The van der Waals surface area contributed by atoms with Gasteiger partial charge in [0.2, 0.25) is 5.95 Å².